The Morgan fingerprint density at radius 1 is 0.848 bits per heavy atom. The molecule has 5 heteroatoms. The van der Waals surface area contributed by atoms with Gasteiger partial charge in [0.1, 0.15) is 11.2 Å². The summed E-state index contributed by atoms with van der Waals surface area (Å²) < 4.78 is 10.3. The van der Waals surface area contributed by atoms with E-state index in [0.717, 1.165) is 22.4 Å². The lowest BCUT2D eigenvalue weighted by Crippen LogP contribution is -2.40. The molecular formula is C28H29NO4. The Hall–Kier alpha value is -3.60. The molecule has 170 valence electrons. The van der Waals surface area contributed by atoms with Gasteiger partial charge >= 0.3 is 6.16 Å². The lowest BCUT2D eigenvalue weighted by atomic mass is 9.70. The molecule has 4 rings (SSSR count). The number of nitrogens with zero attached hydrogens (tertiary/aromatic N) is 1. The number of hydrogen-bond acceptors (Lipinski definition) is 4. The van der Waals surface area contributed by atoms with Crippen LogP contribution in [0.4, 0.5) is 10.5 Å². The highest BCUT2D eigenvalue weighted by Crippen LogP contribution is 2.50. The highest BCUT2D eigenvalue weighted by molar-refractivity contribution is 6.12. The van der Waals surface area contributed by atoms with Crippen molar-refractivity contribution in [1.82, 2.24) is 0 Å². The average molecular weight is 444 g/mol. The Morgan fingerprint density at radius 2 is 1.42 bits per heavy atom. The average Bonchev–Trinajstić information content (AvgIpc) is 3.02. The Bertz CT molecular complexity index is 1170. The summed E-state index contributed by atoms with van der Waals surface area (Å²) in [5.41, 5.74) is 3.76. The number of carbonyl (C=O) groups is 2. The molecule has 3 aromatic carbocycles. The smallest absolute Gasteiger partial charge is 0.431 e. The van der Waals surface area contributed by atoms with Crippen molar-refractivity contribution in [2.75, 3.05) is 11.9 Å². The summed E-state index contributed by atoms with van der Waals surface area (Å²) in [7, 11) is 1.81. The number of ether oxygens (including phenoxy) is 2. The third-order valence-corrected chi connectivity index (χ3v) is 6.13. The monoisotopic (exact) mass is 443 g/mol. The van der Waals surface area contributed by atoms with E-state index in [1.54, 1.807) is 30.9 Å². The van der Waals surface area contributed by atoms with Crippen molar-refractivity contribution in [2.24, 2.45) is 0 Å². The molecule has 0 saturated heterocycles. The van der Waals surface area contributed by atoms with Crippen molar-refractivity contribution in [3.8, 4) is 5.75 Å². The van der Waals surface area contributed by atoms with Gasteiger partial charge in [0.2, 0.25) is 5.91 Å². The van der Waals surface area contributed by atoms with Crippen molar-refractivity contribution >= 4 is 17.7 Å². The van der Waals surface area contributed by atoms with Crippen molar-refractivity contribution < 1.29 is 19.1 Å². The summed E-state index contributed by atoms with van der Waals surface area (Å²) >= 11 is 0. The van der Waals surface area contributed by atoms with E-state index in [1.807, 2.05) is 55.6 Å². The molecular weight excluding hydrogens is 414 g/mol. The fourth-order valence-electron chi connectivity index (χ4n) is 4.49. The predicted octanol–water partition coefficient (Wildman–Crippen LogP) is 6.04. The highest BCUT2D eigenvalue weighted by atomic mass is 16.7. The van der Waals surface area contributed by atoms with Crippen LogP contribution in [-0.2, 0) is 14.9 Å². The molecule has 3 aromatic rings. The van der Waals surface area contributed by atoms with Crippen LogP contribution >= 0.6 is 0 Å². The van der Waals surface area contributed by atoms with Gasteiger partial charge in [0.25, 0.3) is 0 Å². The lowest BCUT2D eigenvalue weighted by Gasteiger charge is -2.30. The first-order valence-corrected chi connectivity index (χ1v) is 11.2. The van der Waals surface area contributed by atoms with Gasteiger partial charge in [-0.3, -0.25) is 4.79 Å². The maximum Gasteiger partial charge on any atom is 0.514 e. The number of hydrogen-bond donors (Lipinski definition) is 0. The second-order valence-corrected chi connectivity index (χ2v) is 8.95. The molecule has 0 aliphatic carbocycles. The lowest BCUT2D eigenvalue weighted by molar-refractivity contribution is -0.120. The van der Waals surface area contributed by atoms with Crippen LogP contribution in [0.1, 0.15) is 55.9 Å². The van der Waals surface area contributed by atoms with E-state index >= 15 is 0 Å². The molecule has 0 bridgehead atoms. The normalized spacial score (nSPS) is 17.4. The molecule has 0 aromatic heterocycles. The Balaban J connectivity index is 1.83. The first kappa shape index (κ1) is 22.6. The van der Waals surface area contributed by atoms with Crippen molar-refractivity contribution in [3.05, 3.63) is 95.1 Å². The third kappa shape index (κ3) is 3.88. The van der Waals surface area contributed by atoms with Crippen LogP contribution in [0.25, 0.3) is 0 Å². The van der Waals surface area contributed by atoms with E-state index in [-0.39, 0.29) is 12.0 Å². The minimum absolute atomic E-state index is 0.0196. The molecule has 0 N–H and O–H groups in total. The largest absolute Gasteiger partial charge is 0.514 e. The summed E-state index contributed by atoms with van der Waals surface area (Å²) in [6.45, 7) is 7.83. The van der Waals surface area contributed by atoms with Crippen molar-refractivity contribution in [1.29, 1.82) is 0 Å². The van der Waals surface area contributed by atoms with Crippen LogP contribution in [0.3, 0.4) is 0 Å². The van der Waals surface area contributed by atoms with E-state index in [1.165, 1.54) is 5.56 Å². The third-order valence-electron chi connectivity index (χ3n) is 6.13. The Kier molecular flexibility index (Phi) is 5.98. The van der Waals surface area contributed by atoms with Crippen molar-refractivity contribution in [2.45, 2.75) is 45.1 Å². The van der Waals surface area contributed by atoms with Gasteiger partial charge in [-0.15, -0.1) is 0 Å². The van der Waals surface area contributed by atoms with E-state index in [9.17, 15) is 9.59 Å². The Morgan fingerprint density at radius 3 is 2.00 bits per heavy atom. The number of likely N-dealkylation sites (N-methyl/N-ethyl adjacent to an activating group) is 1. The molecule has 5 nitrogen and oxygen atoms in total. The standard InChI is InChI=1S/C28H29NO4/c1-18(2)20-10-12-21(13-11-20)28(24-8-6-7-9-25(24)29(5)26(28)30)22-14-16-23(17-15-22)33-27(31)32-19(3)4/h6-19H,1-5H3. The van der Waals surface area contributed by atoms with Gasteiger partial charge in [0, 0.05) is 18.3 Å². The number of para-hydroxylation sites is 1. The molecule has 1 aliphatic rings. The first-order chi connectivity index (χ1) is 15.7. The molecule has 0 fully saturated rings. The summed E-state index contributed by atoms with van der Waals surface area (Å²) in [4.78, 5) is 27.5. The summed E-state index contributed by atoms with van der Waals surface area (Å²) in [5.74, 6) is 0.738. The Labute approximate surface area is 194 Å². The first-order valence-electron chi connectivity index (χ1n) is 11.2. The van der Waals surface area contributed by atoms with Crippen LogP contribution in [0, 0.1) is 0 Å². The zero-order valence-corrected chi connectivity index (χ0v) is 19.7. The molecule has 1 unspecified atom stereocenters. The van der Waals surface area contributed by atoms with Gasteiger partial charge in [-0.25, -0.2) is 4.79 Å². The number of benzene rings is 3. The van der Waals surface area contributed by atoms with Crippen LogP contribution in [0.2, 0.25) is 0 Å². The van der Waals surface area contributed by atoms with Gasteiger partial charge < -0.3 is 14.4 Å². The number of anilines is 1. The van der Waals surface area contributed by atoms with Crippen molar-refractivity contribution in [3.63, 3.8) is 0 Å². The number of amides is 1. The topological polar surface area (TPSA) is 55.8 Å². The number of rotatable bonds is 5. The van der Waals surface area contributed by atoms with Gasteiger partial charge in [-0.2, -0.15) is 0 Å². The molecule has 33 heavy (non-hydrogen) atoms. The van der Waals surface area contributed by atoms with Crippen LogP contribution in [0.15, 0.2) is 72.8 Å². The zero-order chi connectivity index (χ0) is 23.8. The summed E-state index contributed by atoms with van der Waals surface area (Å²) in [6, 6.07) is 23.3. The molecule has 0 saturated carbocycles. The molecule has 0 radical (unpaired) electrons. The number of carbonyl (C=O) groups excluding carboxylic acids is 2. The van der Waals surface area contributed by atoms with Crippen LogP contribution in [-0.4, -0.2) is 25.2 Å². The van der Waals surface area contributed by atoms with Gasteiger partial charge in [-0.05, 0) is 54.7 Å². The maximum absolute atomic E-state index is 13.9. The van der Waals surface area contributed by atoms with Crippen LogP contribution < -0.4 is 9.64 Å². The van der Waals surface area contributed by atoms with Gasteiger partial charge in [0.05, 0.1) is 6.10 Å². The zero-order valence-electron chi connectivity index (χ0n) is 19.7. The second kappa shape index (κ2) is 8.74. The van der Waals surface area contributed by atoms with E-state index < -0.39 is 11.6 Å². The predicted molar refractivity (Wildman–Crippen MR) is 129 cm³/mol. The van der Waals surface area contributed by atoms with E-state index in [2.05, 4.69) is 26.0 Å². The maximum atomic E-state index is 13.9. The molecule has 1 aliphatic heterocycles. The van der Waals surface area contributed by atoms with E-state index in [0.29, 0.717) is 11.7 Å². The van der Waals surface area contributed by atoms with Crippen LogP contribution in [0.5, 0.6) is 5.75 Å². The number of fused-ring (bicyclic) bond motifs is 1. The highest BCUT2D eigenvalue weighted by Gasteiger charge is 2.52. The molecule has 1 heterocycles. The minimum Gasteiger partial charge on any atom is -0.431 e. The summed E-state index contributed by atoms with van der Waals surface area (Å²) in [5, 5.41) is 0. The van der Waals surface area contributed by atoms with Gasteiger partial charge in [0.15, 0.2) is 0 Å². The summed E-state index contributed by atoms with van der Waals surface area (Å²) in [6.07, 6.45) is -1.02. The molecule has 0 spiro atoms. The minimum atomic E-state index is -0.988. The molecule has 1 amide bonds. The second-order valence-electron chi connectivity index (χ2n) is 8.95. The van der Waals surface area contributed by atoms with E-state index in [4.69, 9.17) is 9.47 Å². The SMILES string of the molecule is CC(C)OC(=O)Oc1ccc(C2(c3ccc(C(C)C)cc3)C(=O)N(C)c3ccccc32)cc1. The molecule has 1 atom stereocenters. The quantitative estimate of drug-likeness (QED) is 0.356. The fourth-order valence-corrected chi connectivity index (χ4v) is 4.49. The van der Waals surface area contributed by atoms with Gasteiger partial charge in [-0.1, -0.05) is 68.4 Å². The fraction of sp³-hybridized carbons (Fsp3) is 0.286.